The summed E-state index contributed by atoms with van der Waals surface area (Å²) in [6.07, 6.45) is 5.10. The van der Waals surface area contributed by atoms with E-state index in [1.165, 1.54) is 0 Å². The van der Waals surface area contributed by atoms with Crippen molar-refractivity contribution >= 4 is 11.5 Å². The van der Waals surface area contributed by atoms with Gasteiger partial charge in [-0.3, -0.25) is 4.79 Å². The van der Waals surface area contributed by atoms with Crippen molar-refractivity contribution in [2.45, 2.75) is 38.5 Å². The van der Waals surface area contributed by atoms with Crippen molar-refractivity contribution in [2.24, 2.45) is 10.2 Å². The molecule has 0 amide bonds. The summed E-state index contributed by atoms with van der Waals surface area (Å²) in [5.41, 5.74) is 17.6. The first-order valence-corrected chi connectivity index (χ1v) is 8.05. The molecule has 24 heavy (non-hydrogen) atoms. The molecule has 1 rings (SSSR count). The molecule has 0 spiro atoms. The monoisotopic (exact) mass is 330 g/mol. The topological polar surface area (TPSA) is 124 Å². The molecule has 0 atom stereocenters. The van der Waals surface area contributed by atoms with Crippen molar-refractivity contribution in [2.75, 3.05) is 19.8 Å². The van der Waals surface area contributed by atoms with Crippen molar-refractivity contribution in [3.05, 3.63) is 50.7 Å². The van der Waals surface area contributed by atoms with Crippen molar-refractivity contribution in [1.82, 2.24) is 0 Å². The molecule has 0 saturated heterocycles. The summed E-state index contributed by atoms with van der Waals surface area (Å²) in [4.78, 5) is 17.4. The lowest BCUT2D eigenvalue weighted by molar-refractivity contribution is 0.0933. The lowest BCUT2D eigenvalue weighted by Gasteiger charge is -2.04. The fraction of sp³-hybridized carbons (Fsp3) is 0.562. The number of unbranched alkanes of at least 4 members (excludes halogenated alkanes) is 3. The summed E-state index contributed by atoms with van der Waals surface area (Å²) in [5.74, 6) is 0.0594. The van der Waals surface area contributed by atoms with Crippen LogP contribution in [0.3, 0.4) is 0 Å². The number of nitrogens with zero attached hydrogens (tertiary/aromatic N) is 6. The van der Waals surface area contributed by atoms with Gasteiger partial charge in [-0.2, -0.15) is 0 Å². The number of ether oxygens (including phenoxy) is 1. The maximum atomic E-state index is 12.0. The van der Waals surface area contributed by atoms with Gasteiger partial charge in [0, 0.05) is 47.3 Å². The van der Waals surface area contributed by atoms with Gasteiger partial charge in [-0.1, -0.05) is 47.3 Å². The minimum atomic E-state index is 0.0594. The molecule has 0 aliphatic rings. The van der Waals surface area contributed by atoms with Gasteiger partial charge in [-0.15, -0.1) is 0 Å². The molecule has 0 N–H and O–H groups in total. The van der Waals surface area contributed by atoms with E-state index in [0.29, 0.717) is 43.9 Å². The Bertz CT molecular complexity index is 589. The maximum absolute atomic E-state index is 12.0. The smallest absolute Gasteiger partial charge is 0.162 e. The van der Waals surface area contributed by atoms with Gasteiger partial charge >= 0.3 is 0 Å². The second-order valence-electron chi connectivity index (χ2n) is 5.24. The van der Waals surface area contributed by atoms with Crippen LogP contribution in [0.25, 0.3) is 20.9 Å². The van der Waals surface area contributed by atoms with E-state index in [4.69, 9.17) is 15.8 Å². The Labute approximate surface area is 141 Å². The van der Waals surface area contributed by atoms with Crippen molar-refractivity contribution < 1.29 is 9.53 Å². The van der Waals surface area contributed by atoms with Crippen molar-refractivity contribution in [3.8, 4) is 0 Å². The first-order valence-electron chi connectivity index (χ1n) is 8.05. The molecule has 0 aliphatic heterocycles. The predicted molar refractivity (Wildman–Crippen MR) is 92.1 cm³/mol. The first-order chi connectivity index (χ1) is 11.8. The molecule has 0 fully saturated rings. The third-order valence-electron chi connectivity index (χ3n) is 3.40. The number of benzene rings is 1. The minimum Gasteiger partial charge on any atom is -0.381 e. The van der Waals surface area contributed by atoms with Crippen LogP contribution in [0.4, 0.5) is 5.69 Å². The fourth-order valence-electron chi connectivity index (χ4n) is 2.13. The third-order valence-corrected chi connectivity index (χ3v) is 3.40. The maximum Gasteiger partial charge on any atom is 0.162 e. The molecule has 8 nitrogen and oxygen atoms in total. The zero-order valence-electron chi connectivity index (χ0n) is 13.7. The van der Waals surface area contributed by atoms with E-state index in [9.17, 15) is 4.79 Å². The van der Waals surface area contributed by atoms with Gasteiger partial charge in [0.25, 0.3) is 0 Å². The lowest BCUT2D eigenvalue weighted by Crippen LogP contribution is -2.03. The van der Waals surface area contributed by atoms with Crippen molar-refractivity contribution in [1.29, 1.82) is 0 Å². The Balaban J connectivity index is 2.05. The van der Waals surface area contributed by atoms with E-state index in [2.05, 4.69) is 20.1 Å². The highest BCUT2D eigenvalue weighted by molar-refractivity contribution is 5.96. The van der Waals surface area contributed by atoms with E-state index in [1.54, 1.807) is 24.3 Å². The summed E-state index contributed by atoms with van der Waals surface area (Å²) >= 11 is 0. The summed E-state index contributed by atoms with van der Waals surface area (Å²) < 4.78 is 5.51. The SMILES string of the molecule is [N-]=[N+]=NCCCCCCOCCCC(=O)c1ccc(N=[N+]=[N-])cc1. The van der Waals surface area contributed by atoms with Gasteiger partial charge in [0.15, 0.2) is 5.78 Å². The van der Waals surface area contributed by atoms with Gasteiger partial charge in [0.2, 0.25) is 0 Å². The summed E-state index contributed by atoms with van der Waals surface area (Å²) in [6.45, 7) is 1.82. The summed E-state index contributed by atoms with van der Waals surface area (Å²) in [7, 11) is 0. The standard InChI is InChI=1S/C16H22N6O2/c17-21-19-11-3-1-2-4-12-24-13-5-6-16(23)14-7-9-15(10-8-14)20-22-18/h7-10H,1-6,11-13H2. The molecule has 0 radical (unpaired) electrons. The number of ketones is 1. The van der Waals surface area contributed by atoms with Gasteiger partial charge < -0.3 is 4.74 Å². The van der Waals surface area contributed by atoms with E-state index in [1.807, 2.05) is 0 Å². The van der Waals surface area contributed by atoms with Crippen LogP contribution in [0.15, 0.2) is 34.5 Å². The number of Topliss-reactive ketones (excluding diaryl/α,β-unsaturated/α-hetero) is 1. The van der Waals surface area contributed by atoms with Crippen LogP contribution in [0, 0.1) is 0 Å². The number of carbonyl (C=O) groups excluding carboxylic acids is 1. The van der Waals surface area contributed by atoms with E-state index >= 15 is 0 Å². The fourth-order valence-corrected chi connectivity index (χ4v) is 2.13. The van der Waals surface area contributed by atoms with Crippen LogP contribution in [0.2, 0.25) is 0 Å². The van der Waals surface area contributed by atoms with E-state index in [-0.39, 0.29) is 5.78 Å². The molecule has 0 aromatic heterocycles. The van der Waals surface area contributed by atoms with Crippen LogP contribution in [-0.2, 0) is 4.74 Å². The van der Waals surface area contributed by atoms with Crippen LogP contribution < -0.4 is 0 Å². The quantitative estimate of drug-likeness (QED) is 0.156. The average Bonchev–Trinajstić information content (AvgIpc) is 2.60. The number of hydrogen-bond acceptors (Lipinski definition) is 4. The normalized spacial score (nSPS) is 9.83. The molecule has 0 saturated carbocycles. The Morgan fingerprint density at radius 1 is 0.958 bits per heavy atom. The molecular weight excluding hydrogens is 308 g/mol. The molecule has 1 aromatic carbocycles. The Hall–Kier alpha value is -2.53. The number of hydrogen-bond donors (Lipinski definition) is 0. The first kappa shape index (κ1) is 19.5. The summed E-state index contributed by atoms with van der Waals surface area (Å²) in [6, 6.07) is 6.60. The number of carbonyl (C=O) groups is 1. The van der Waals surface area contributed by atoms with Crippen LogP contribution >= 0.6 is 0 Å². The third kappa shape index (κ3) is 8.80. The zero-order chi connectivity index (χ0) is 17.5. The molecule has 0 bridgehead atoms. The van der Waals surface area contributed by atoms with Crippen molar-refractivity contribution in [3.63, 3.8) is 0 Å². The molecule has 0 aliphatic carbocycles. The van der Waals surface area contributed by atoms with E-state index in [0.717, 1.165) is 25.7 Å². The lowest BCUT2D eigenvalue weighted by atomic mass is 10.1. The molecule has 128 valence electrons. The molecule has 8 heteroatoms. The molecule has 1 aromatic rings. The highest BCUT2D eigenvalue weighted by Gasteiger charge is 2.05. The molecule has 0 heterocycles. The van der Waals surface area contributed by atoms with Crippen LogP contribution in [0.1, 0.15) is 48.9 Å². The molecule has 0 unspecified atom stereocenters. The average molecular weight is 330 g/mol. The number of rotatable bonds is 13. The highest BCUT2D eigenvalue weighted by atomic mass is 16.5. The second-order valence-corrected chi connectivity index (χ2v) is 5.24. The van der Waals surface area contributed by atoms with Gasteiger partial charge in [0.1, 0.15) is 0 Å². The van der Waals surface area contributed by atoms with Crippen LogP contribution in [-0.4, -0.2) is 25.5 Å². The van der Waals surface area contributed by atoms with Gasteiger partial charge in [-0.05, 0) is 30.3 Å². The minimum absolute atomic E-state index is 0.0594. The Kier molecular flexibility index (Phi) is 10.5. The Morgan fingerprint density at radius 3 is 2.38 bits per heavy atom. The Morgan fingerprint density at radius 2 is 1.67 bits per heavy atom. The second kappa shape index (κ2) is 13.0. The predicted octanol–water partition coefficient (Wildman–Crippen LogP) is 5.48. The zero-order valence-corrected chi connectivity index (χ0v) is 13.7. The van der Waals surface area contributed by atoms with Gasteiger partial charge in [0.05, 0.1) is 0 Å². The van der Waals surface area contributed by atoms with E-state index < -0.39 is 0 Å². The van der Waals surface area contributed by atoms with Gasteiger partial charge in [-0.25, -0.2) is 0 Å². The largest absolute Gasteiger partial charge is 0.381 e. The number of azide groups is 2. The van der Waals surface area contributed by atoms with Crippen LogP contribution in [0.5, 0.6) is 0 Å². The molecular formula is C16H22N6O2. The summed E-state index contributed by atoms with van der Waals surface area (Å²) in [5, 5.41) is 6.95. The highest BCUT2D eigenvalue weighted by Crippen LogP contribution is 2.14.